The highest BCUT2D eigenvalue weighted by Gasteiger charge is 2.34. The molecule has 0 spiro atoms. The molecule has 0 radical (unpaired) electrons. The summed E-state index contributed by atoms with van der Waals surface area (Å²) < 4.78 is 0. The van der Waals surface area contributed by atoms with Crippen molar-refractivity contribution in [3.63, 3.8) is 0 Å². The predicted molar refractivity (Wildman–Crippen MR) is 97.4 cm³/mol. The van der Waals surface area contributed by atoms with Crippen molar-refractivity contribution >= 4 is 17.5 Å². The minimum absolute atomic E-state index is 0.0458. The smallest absolute Gasteiger partial charge is 0.271 e. The molecule has 138 valence electrons. The van der Waals surface area contributed by atoms with Crippen LogP contribution in [-0.2, 0) is 14.4 Å². The largest absolute Gasteiger partial charge is 0.387 e. The summed E-state index contributed by atoms with van der Waals surface area (Å²) in [6.07, 6.45) is 4.06. The van der Waals surface area contributed by atoms with E-state index in [0.717, 1.165) is 44.3 Å². The van der Waals surface area contributed by atoms with E-state index in [1.807, 2.05) is 40.1 Å². The minimum Gasteiger partial charge on any atom is -0.387 e. The maximum atomic E-state index is 12.7. The first-order valence-corrected chi connectivity index (χ1v) is 9.58. The van der Waals surface area contributed by atoms with Gasteiger partial charge in [0.1, 0.15) is 5.71 Å². The van der Waals surface area contributed by atoms with Gasteiger partial charge in [0, 0.05) is 38.5 Å². The molecule has 2 saturated heterocycles. The Hall–Kier alpha value is -2.37. The topological polar surface area (TPSA) is 62.2 Å². The van der Waals surface area contributed by atoms with Crippen LogP contribution in [0.25, 0.3) is 0 Å². The zero-order valence-electron chi connectivity index (χ0n) is 15.0. The van der Waals surface area contributed by atoms with E-state index >= 15 is 0 Å². The molecule has 0 saturated carbocycles. The lowest BCUT2D eigenvalue weighted by Crippen LogP contribution is -2.45. The van der Waals surface area contributed by atoms with Crippen LogP contribution in [0, 0.1) is 5.92 Å². The lowest BCUT2D eigenvalue weighted by molar-refractivity contribution is -0.138. The molecular formula is C20H25N3O3. The second kappa shape index (κ2) is 7.48. The minimum atomic E-state index is -0.176. The highest BCUT2D eigenvalue weighted by Crippen LogP contribution is 2.28. The maximum absolute atomic E-state index is 12.7. The molecule has 1 unspecified atom stereocenters. The Morgan fingerprint density at radius 1 is 0.962 bits per heavy atom. The zero-order chi connectivity index (χ0) is 17.9. The van der Waals surface area contributed by atoms with Crippen molar-refractivity contribution in [2.75, 3.05) is 26.2 Å². The van der Waals surface area contributed by atoms with Crippen molar-refractivity contribution in [2.24, 2.45) is 11.1 Å². The van der Waals surface area contributed by atoms with Crippen LogP contribution in [0.1, 0.15) is 43.8 Å². The fourth-order valence-corrected chi connectivity index (χ4v) is 4.06. The number of piperidine rings is 1. The number of rotatable bonds is 3. The number of hydrogen-bond donors (Lipinski definition) is 0. The van der Waals surface area contributed by atoms with Gasteiger partial charge in [0.05, 0.1) is 0 Å². The first kappa shape index (κ1) is 17.1. The third-order valence-electron chi connectivity index (χ3n) is 5.64. The molecule has 3 aliphatic heterocycles. The summed E-state index contributed by atoms with van der Waals surface area (Å²) in [5.74, 6) is 0.298. The molecule has 3 heterocycles. The molecule has 6 nitrogen and oxygen atoms in total. The van der Waals surface area contributed by atoms with Crippen LogP contribution in [0.4, 0.5) is 0 Å². The summed E-state index contributed by atoms with van der Waals surface area (Å²) in [5.41, 5.74) is 1.53. The monoisotopic (exact) mass is 355 g/mol. The Bertz CT molecular complexity index is 690. The summed E-state index contributed by atoms with van der Waals surface area (Å²) in [5, 5.41) is 4.04. The van der Waals surface area contributed by atoms with Crippen LogP contribution in [-0.4, -0.2) is 53.5 Å². The van der Waals surface area contributed by atoms with E-state index in [1.165, 1.54) is 0 Å². The molecule has 0 bridgehead atoms. The van der Waals surface area contributed by atoms with Crippen LogP contribution in [0.2, 0.25) is 0 Å². The highest BCUT2D eigenvalue weighted by molar-refractivity contribution is 6.39. The molecule has 1 aromatic rings. The number of nitrogens with zero attached hydrogens (tertiary/aromatic N) is 3. The Morgan fingerprint density at radius 2 is 1.65 bits per heavy atom. The zero-order valence-corrected chi connectivity index (χ0v) is 15.0. The third-order valence-corrected chi connectivity index (χ3v) is 5.64. The van der Waals surface area contributed by atoms with Crippen molar-refractivity contribution in [1.82, 2.24) is 9.80 Å². The summed E-state index contributed by atoms with van der Waals surface area (Å²) in [6.45, 7) is 3.04. The van der Waals surface area contributed by atoms with E-state index in [-0.39, 0.29) is 23.8 Å². The fourth-order valence-electron chi connectivity index (χ4n) is 4.06. The van der Waals surface area contributed by atoms with Crippen molar-refractivity contribution < 1.29 is 14.4 Å². The molecule has 2 amide bonds. The fraction of sp³-hybridized carbons (Fsp3) is 0.550. The number of hydrogen-bond acceptors (Lipinski definition) is 4. The first-order valence-electron chi connectivity index (χ1n) is 9.58. The van der Waals surface area contributed by atoms with Gasteiger partial charge in [-0.1, -0.05) is 35.5 Å². The van der Waals surface area contributed by atoms with E-state index in [0.29, 0.717) is 25.2 Å². The summed E-state index contributed by atoms with van der Waals surface area (Å²) in [7, 11) is 0. The number of likely N-dealkylation sites (tertiary alicyclic amines) is 2. The van der Waals surface area contributed by atoms with Gasteiger partial charge in [-0.3, -0.25) is 9.59 Å². The van der Waals surface area contributed by atoms with Crippen LogP contribution in [0.15, 0.2) is 35.5 Å². The Balaban J connectivity index is 1.29. The van der Waals surface area contributed by atoms with Crippen molar-refractivity contribution in [2.45, 2.75) is 38.2 Å². The Labute approximate surface area is 153 Å². The number of carbonyl (C=O) groups is 2. The van der Waals surface area contributed by atoms with Crippen molar-refractivity contribution in [3.05, 3.63) is 35.9 Å². The van der Waals surface area contributed by atoms with Crippen LogP contribution < -0.4 is 0 Å². The van der Waals surface area contributed by atoms with Gasteiger partial charge in [-0.15, -0.1) is 0 Å². The van der Waals surface area contributed by atoms with E-state index in [1.54, 1.807) is 0 Å². The molecule has 6 heteroatoms. The standard InChI is InChI=1S/C20H25N3O3/c24-19(22-10-4-5-11-22)16-8-12-23(13-9-16)20(25)17-14-18(26-21-17)15-6-2-1-3-7-15/h1-3,6-7,16,18H,4-5,8-14H2. The molecule has 26 heavy (non-hydrogen) atoms. The average Bonchev–Trinajstić information content (AvgIpc) is 3.40. The molecule has 0 aromatic heterocycles. The molecule has 1 aromatic carbocycles. The van der Waals surface area contributed by atoms with E-state index in [4.69, 9.17) is 4.84 Å². The van der Waals surface area contributed by atoms with Gasteiger partial charge in [0.2, 0.25) is 5.91 Å². The van der Waals surface area contributed by atoms with Gasteiger partial charge < -0.3 is 14.6 Å². The molecular weight excluding hydrogens is 330 g/mol. The third kappa shape index (κ3) is 3.45. The molecule has 1 atom stereocenters. The summed E-state index contributed by atoms with van der Waals surface area (Å²) >= 11 is 0. The van der Waals surface area contributed by atoms with Gasteiger partial charge >= 0.3 is 0 Å². The van der Waals surface area contributed by atoms with Crippen molar-refractivity contribution in [3.8, 4) is 0 Å². The predicted octanol–water partition coefficient (Wildman–Crippen LogP) is 2.37. The Morgan fingerprint density at radius 3 is 2.35 bits per heavy atom. The Kier molecular flexibility index (Phi) is 4.91. The van der Waals surface area contributed by atoms with Crippen LogP contribution in [0.3, 0.4) is 0 Å². The quantitative estimate of drug-likeness (QED) is 0.836. The van der Waals surface area contributed by atoms with E-state index in [2.05, 4.69) is 5.16 Å². The van der Waals surface area contributed by atoms with Crippen LogP contribution >= 0.6 is 0 Å². The lowest BCUT2D eigenvalue weighted by Gasteiger charge is -2.33. The molecule has 3 aliphatic rings. The maximum Gasteiger partial charge on any atom is 0.271 e. The van der Waals surface area contributed by atoms with Gasteiger partial charge in [0.15, 0.2) is 6.10 Å². The second-order valence-electron chi connectivity index (χ2n) is 7.35. The summed E-state index contributed by atoms with van der Waals surface area (Å²) in [4.78, 5) is 34.5. The number of carbonyl (C=O) groups excluding carboxylic acids is 2. The SMILES string of the molecule is O=C(C1=NOC(c2ccccc2)C1)N1CCC(C(=O)N2CCCC2)CC1. The average molecular weight is 355 g/mol. The number of amides is 2. The number of benzene rings is 1. The van der Waals surface area contributed by atoms with Crippen molar-refractivity contribution in [1.29, 1.82) is 0 Å². The normalized spacial score (nSPS) is 23.7. The van der Waals surface area contributed by atoms with E-state index < -0.39 is 0 Å². The number of oxime groups is 1. The van der Waals surface area contributed by atoms with Gasteiger partial charge in [0.25, 0.3) is 5.91 Å². The second-order valence-corrected chi connectivity index (χ2v) is 7.35. The van der Waals surface area contributed by atoms with Gasteiger partial charge in [-0.25, -0.2) is 0 Å². The molecule has 4 rings (SSSR count). The van der Waals surface area contributed by atoms with E-state index in [9.17, 15) is 9.59 Å². The molecule has 0 aliphatic carbocycles. The lowest BCUT2D eigenvalue weighted by atomic mass is 9.94. The highest BCUT2D eigenvalue weighted by atomic mass is 16.6. The van der Waals surface area contributed by atoms with Crippen LogP contribution in [0.5, 0.6) is 0 Å². The first-order chi connectivity index (χ1) is 12.7. The summed E-state index contributed by atoms with van der Waals surface area (Å²) in [6, 6.07) is 9.85. The molecule has 0 N–H and O–H groups in total. The van der Waals surface area contributed by atoms with Gasteiger partial charge in [-0.05, 0) is 31.2 Å². The molecule has 2 fully saturated rings. The van der Waals surface area contributed by atoms with Gasteiger partial charge in [-0.2, -0.15) is 0 Å².